The number of hydrogen-bond acceptors (Lipinski definition) is 2. The summed E-state index contributed by atoms with van der Waals surface area (Å²) in [5.74, 6) is 3.02. The van der Waals surface area contributed by atoms with E-state index in [1.54, 1.807) is 6.07 Å². The Morgan fingerprint density at radius 3 is 2.61 bits per heavy atom. The molecule has 2 nitrogen and oxygen atoms in total. The third-order valence-electron chi connectivity index (χ3n) is 5.61. The Morgan fingerprint density at radius 1 is 1.04 bits per heavy atom. The van der Waals surface area contributed by atoms with E-state index in [0.29, 0.717) is 17.6 Å². The second-order valence-corrected chi connectivity index (χ2v) is 7.36. The molecule has 1 unspecified atom stereocenters. The van der Waals surface area contributed by atoms with Crippen LogP contribution in [0.1, 0.15) is 54.9 Å². The molecule has 120 valence electrons. The van der Waals surface area contributed by atoms with Gasteiger partial charge in [0, 0.05) is 11.5 Å². The maximum absolute atomic E-state index is 9.90. The van der Waals surface area contributed by atoms with Crippen LogP contribution in [0.2, 0.25) is 0 Å². The molecule has 0 saturated heterocycles. The summed E-state index contributed by atoms with van der Waals surface area (Å²) in [4.78, 5) is 0. The maximum Gasteiger partial charge on any atom is 0.127 e. The highest BCUT2D eigenvalue weighted by Crippen LogP contribution is 2.54. The minimum atomic E-state index is 0.130. The van der Waals surface area contributed by atoms with Crippen LogP contribution in [-0.4, -0.2) is 5.11 Å². The number of hydrogen-bond donors (Lipinski definition) is 1. The molecule has 0 amide bonds. The third-order valence-corrected chi connectivity index (χ3v) is 5.61. The van der Waals surface area contributed by atoms with Crippen LogP contribution in [-0.2, 0) is 0 Å². The molecule has 1 heterocycles. The number of benzene rings is 2. The number of phenols is 1. The molecule has 1 N–H and O–H groups in total. The Kier molecular flexibility index (Phi) is 3.56. The van der Waals surface area contributed by atoms with Crippen molar-refractivity contribution in [1.82, 2.24) is 0 Å². The zero-order chi connectivity index (χ0) is 16.0. The molecule has 23 heavy (non-hydrogen) atoms. The van der Waals surface area contributed by atoms with Crippen molar-refractivity contribution in [2.24, 2.45) is 11.8 Å². The molecular weight excluding hydrogens is 284 g/mol. The van der Waals surface area contributed by atoms with E-state index in [2.05, 4.69) is 38.1 Å². The van der Waals surface area contributed by atoms with Gasteiger partial charge in [-0.15, -0.1) is 0 Å². The molecule has 1 fully saturated rings. The highest BCUT2D eigenvalue weighted by atomic mass is 16.5. The van der Waals surface area contributed by atoms with E-state index in [1.165, 1.54) is 36.0 Å². The molecule has 2 aromatic rings. The molecule has 0 spiro atoms. The van der Waals surface area contributed by atoms with Crippen molar-refractivity contribution in [2.45, 2.75) is 45.1 Å². The fraction of sp³-hybridized carbons (Fsp3) is 0.429. The number of rotatable bonds is 1. The summed E-state index contributed by atoms with van der Waals surface area (Å²) in [6, 6.07) is 14.3. The number of aryl methyl sites for hydroxylation is 1. The summed E-state index contributed by atoms with van der Waals surface area (Å²) in [5.41, 5.74) is 3.76. The van der Waals surface area contributed by atoms with Crippen LogP contribution < -0.4 is 4.74 Å². The molecule has 1 saturated carbocycles. The SMILES string of the molecule is Cc1ccc([C@H]2Oc3ccc(O)cc3[C@H]3CC(C)CC[C@H]32)cc1. The fourth-order valence-corrected chi connectivity index (χ4v) is 4.35. The largest absolute Gasteiger partial charge is 0.508 e. The fourth-order valence-electron chi connectivity index (χ4n) is 4.35. The number of phenolic OH excluding ortho intramolecular Hbond substituents is 1. The number of fused-ring (bicyclic) bond motifs is 3. The van der Waals surface area contributed by atoms with Gasteiger partial charge in [-0.2, -0.15) is 0 Å². The van der Waals surface area contributed by atoms with Crippen LogP contribution in [0.4, 0.5) is 0 Å². The Balaban J connectivity index is 1.77. The van der Waals surface area contributed by atoms with Crippen LogP contribution in [0.5, 0.6) is 11.5 Å². The lowest BCUT2D eigenvalue weighted by Crippen LogP contribution is -2.34. The van der Waals surface area contributed by atoms with Crippen LogP contribution in [0.25, 0.3) is 0 Å². The summed E-state index contributed by atoms with van der Waals surface area (Å²) in [7, 11) is 0. The molecule has 2 aliphatic rings. The lowest BCUT2D eigenvalue weighted by Gasteiger charge is -2.44. The average molecular weight is 308 g/mol. The summed E-state index contributed by atoms with van der Waals surface area (Å²) in [5, 5.41) is 9.90. The van der Waals surface area contributed by atoms with Gasteiger partial charge < -0.3 is 9.84 Å². The zero-order valence-electron chi connectivity index (χ0n) is 13.8. The minimum Gasteiger partial charge on any atom is -0.508 e. The van der Waals surface area contributed by atoms with E-state index < -0.39 is 0 Å². The van der Waals surface area contributed by atoms with Gasteiger partial charge in [-0.1, -0.05) is 43.2 Å². The monoisotopic (exact) mass is 308 g/mol. The van der Waals surface area contributed by atoms with Gasteiger partial charge in [0.05, 0.1) is 0 Å². The zero-order valence-corrected chi connectivity index (χ0v) is 13.8. The van der Waals surface area contributed by atoms with Crippen LogP contribution in [0, 0.1) is 18.8 Å². The highest BCUT2D eigenvalue weighted by Gasteiger charge is 2.42. The lowest BCUT2D eigenvalue weighted by molar-refractivity contribution is 0.0561. The van der Waals surface area contributed by atoms with Crippen molar-refractivity contribution < 1.29 is 9.84 Å². The number of aromatic hydroxyl groups is 1. The predicted octanol–water partition coefficient (Wildman–Crippen LogP) is 5.35. The first-order valence-electron chi connectivity index (χ1n) is 8.68. The lowest BCUT2D eigenvalue weighted by atomic mass is 9.67. The Morgan fingerprint density at radius 2 is 1.83 bits per heavy atom. The van der Waals surface area contributed by atoms with Crippen molar-refractivity contribution >= 4 is 0 Å². The Hall–Kier alpha value is -1.96. The topological polar surface area (TPSA) is 29.5 Å². The normalized spacial score (nSPS) is 29.3. The maximum atomic E-state index is 9.90. The van der Waals surface area contributed by atoms with Crippen molar-refractivity contribution in [3.63, 3.8) is 0 Å². The number of ether oxygens (including phenoxy) is 1. The summed E-state index contributed by atoms with van der Waals surface area (Å²) in [6.45, 7) is 4.46. The Bertz CT molecular complexity index is 704. The molecule has 0 bridgehead atoms. The average Bonchev–Trinajstić information content (AvgIpc) is 2.55. The second-order valence-electron chi connectivity index (χ2n) is 7.36. The van der Waals surface area contributed by atoms with Crippen molar-refractivity contribution in [3.05, 3.63) is 59.2 Å². The van der Waals surface area contributed by atoms with Crippen LogP contribution >= 0.6 is 0 Å². The van der Waals surface area contributed by atoms with E-state index >= 15 is 0 Å². The molecule has 2 heteroatoms. The van der Waals surface area contributed by atoms with Gasteiger partial charge in [0.25, 0.3) is 0 Å². The molecule has 1 aliphatic heterocycles. The van der Waals surface area contributed by atoms with Gasteiger partial charge in [0.1, 0.15) is 17.6 Å². The van der Waals surface area contributed by atoms with Crippen LogP contribution in [0.15, 0.2) is 42.5 Å². The Labute approximate surface area is 138 Å². The van der Waals surface area contributed by atoms with Gasteiger partial charge in [-0.25, -0.2) is 0 Å². The summed E-state index contributed by atoms with van der Waals surface area (Å²) >= 11 is 0. The van der Waals surface area contributed by atoms with Crippen molar-refractivity contribution in [1.29, 1.82) is 0 Å². The van der Waals surface area contributed by atoms with E-state index in [0.717, 1.165) is 11.7 Å². The minimum absolute atomic E-state index is 0.130. The first-order chi connectivity index (χ1) is 11.1. The molecule has 4 rings (SSSR count). The summed E-state index contributed by atoms with van der Waals surface area (Å²) < 4.78 is 6.41. The molecule has 0 radical (unpaired) electrons. The van der Waals surface area contributed by atoms with E-state index in [4.69, 9.17) is 4.74 Å². The quantitative estimate of drug-likeness (QED) is 0.769. The molecule has 2 aromatic carbocycles. The van der Waals surface area contributed by atoms with Gasteiger partial charge >= 0.3 is 0 Å². The smallest absolute Gasteiger partial charge is 0.127 e. The van der Waals surface area contributed by atoms with E-state index in [1.807, 2.05) is 12.1 Å². The van der Waals surface area contributed by atoms with Gasteiger partial charge in [-0.05, 0) is 55.4 Å². The molecular formula is C21H24O2. The third kappa shape index (κ3) is 2.60. The molecule has 0 aromatic heterocycles. The highest BCUT2D eigenvalue weighted by molar-refractivity contribution is 5.45. The van der Waals surface area contributed by atoms with Crippen molar-refractivity contribution in [2.75, 3.05) is 0 Å². The van der Waals surface area contributed by atoms with E-state index in [9.17, 15) is 5.11 Å². The van der Waals surface area contributed by atoms with Crippen LogP contribution in [0.3, 0.4) is 0 Å². The summed E-state index contributed by atoms with van der Waals surface area (Å²) in [6.07, 6.45) is 3.78. The predicted molar refractivity (Wildman–Crippen MR) is 91.9 cm³/mol. The van der Waals surface area contributed by atoms with Crippen molar-refractivity contribution in [3.8, 4) is 11.5 Å². The van der Waals surface area contributed by atoms with E-state index in [-0.39, 0.29) is 6.10 Å². The molecule has 4 atom stereocenters. The van der Waals surface area contributed by atoms with Gasteiger partial charge in [0.2, 0.25) is 0 Å². The standard InChI is InChI=1S/C21H24O2/c1-13-3-6-15(7-4-13)21-17-9-5-14(2)11-18(17)19-12-16(22)8-10-20(19)23-21/h3-4,6-8,10,12,14,17-18,21-22H,5,9,11H2,1-2H3/t14?,17-,18+,21-/m1/s1. The first-order valence-corrected chi connectivity index (χ1v) is 8.68. The van der Waals surface area contributed by atoms with Gasteiger partial charge in [0.15, 0.2) is 0 Å². The molecule has 1 aliphatic carbocycles. The first kappa shape index (κ1) is 14.6. The second kappa shape index (κ2) is 5.59. The van der Waals surface area contributed by atoms with Gasteiger partial charge in [-0.3, -0.25) is 0 Å².